The summed E-state index contributed by atoms with van der Waals surface area (Å²) in [6.07, 6.45) is 3.87. The molecule has 1 fully saturated rings. The first-order valence-corrected chi connectivity index (χ1v) is 5.75. The highest BCUT2D eigenvalue weighted by atomic mass is 35.5. The Kier molecular flexibility index (Phi) is 3.93. The maximum absolute atomic E-state index is 11.9. The fourth-order valence-corrected chi connectivity index (χ4v) is 1.92. The van der Waals surface area contributed by atoms with Gasteiger partial charge in [-0.3, -0.25) is 9.78 Å². The molecule has 2 heterocycles. The maximum atomic E-state index is 11.9. The molecule has 92 valence electrons. The number of pyridine rings is 1. The molecule has 2 atom stereocenters. The normalized spacial score (nSPS) is 23.6. The molecule has 5 nitrogen and oxygen atoms in total. The van der Waals surface area contributed by atoms with Crippen LogP contribution in [0, 0.1) is 0 Å². The fraction of sp³-hybridized carbons (Fsp3) is 0.455. The van der Waals surface area contributed by atoms with Crippen LogP contribution in [-0.2, 0) is 9.53 Å². The molecule has 2 unspecified atom stereocenters. The molecule has 1 aromatic heterocycles. The molecular formula is C11H14ClN3O2. The Bertz CT molecular complexity index is 413. The number of nitrogens with zero attached hydrogens (tertiary/aromatic N) is 1. The van der Waals surface area contributed by atoms with E-state index in [2.05, 4.69) is 15.6 Å². The Morgan fingerprint density at radius 3 is 3.18 bits per heavy atom. The van der Waals surface area contributed by atoms with E-state index >= 15 is 0 Å². The summed E-state index contributed by atoms with van der Waals surface area (Å²) >= 11 is 5.93. The number of methoxy groups -OCH3 is 1. The van der Waals surface area contributed by atoms with Gasteiger partial charge in [0, 0.05) is 19.9 Å². The zero-order chi connectivity index (χ0) is 12.3. The first-order valence-electron chi connectivity index (χ1n) is 5.37. The van der Waals surface area contributed by atoms with Crippen LogP contribution in [0.3, 0.4) is 0 Å². The lowest BCUT2D eigenvalue weighted by Gasteiger charge is -2.11. The van der Waals surface area contributed by atoms with Crippen LogP contribution >= 0.6 is 11.6 Å². The average molecular weight is 256 g/mol. The van der Waals surface area contributed by atoms with E-state index in [1.54, 1.807) is 19.4 Å². The van der Waals surface area contributed by atoms with Gasteiger partial charge in [-0.1, -0.05) is 11.6 Å². The number of amides is 1. The lowest BCUT2D eigenvalue weighted by Crippen LogP contribution is -2.35. The van der Waals surface area contributed by atoms with Crippen molar-refractivity contribution in [2.75, 3.05) is 19.0 Å². The zero-order valence-corrected chi connectivity index (χ0v) is 10.2. The highest BCUT2D eigenvalue weighted by Gasteiger charge is 2.29. The number of hydrogen-bond donors (Lipinski definition) is 2. The summed E-state index contributed by atoms with van der Waals surface area (Å²) in [4.78, 5) is 15.8. The highest BCUT2D eigenvalue weighted by Crippen LogP contribution is 2.20. The quantitative estimate of drug-likeness (QED) is 0.848. The molecule has 0 saturated carbocycles. The van der Waals surface area contributed by atoms with E-state index in [1.807, 2.05) is 0 Å². The van der Waals surface area contributed by atoms with E-state index in [4.69, 9.17) is 16.3 Å². The van der Waals surface area contributed by atoms with Crippen molar-refractivity contribution in [3.63, 3.8) is 0 Å². The van der Waals surface area contributed by atoms with Gasteiger partial charge in [0.2, 0.25) is 5.91 Å². The highest BCUT2D eigenvalue weighted by molar-refractivity contribution is 6.33. The summed E-state index contributed by atoms with van der Waals surface area (Å²) in [5, 5.41) is 6.32. The second-order valence-corrected chi connectivity index (χ2v) is 4.31. The molecule has 17 heavy (non-hydrogen) atoms. The van der Waals surface area contributed by atoms with Gasteiger partial charge in [0.25, 0.3) is 0 Å². The zero-order valence-electron chi connectivity index (χ0n) is 9.44. The SMILES string of the molecule is COC1CNC(C(=O)Nc2cnccc2Cl)C1. The molecule has 1 aliphatic heterocycles. The van der Waals surface area contributed by atoms with Crippen LogP contribution in [0.5, 0.6) is 0 Å². The van der Waals surface area contributed by atoms with Crippen molar-refractivity contribution in [2.24, 2.45) is 0 Å². The Hall–Kier alpha value is -1.17. The van der Waals surface area contributed by atoms with Crippen molar-refractivity contribution in [3.05, 3.63) is 23.5 Å². The van der Waals surface area contributed by atoms with Crippen LogP contribution in [0.4, 0.5) is 5.69 Å². The number of ether oxygens (including phenoxy) is 1. The van der Waals surface area contributed by atoms with Crippen molar-refractivity contribution in [3.8, 4) is 0 Å². The molecule has 0 aliphatic carbocycles. The standard InChI is InChI=1S/C11H14ClN3O2/c1-17-7-4-9(14-5-7)11(16)15-10-6-13-3-2-8(10)12/h2-3,6-7,9,14H,4-5H2,1H3,(H,15,16). The number of halogens is 1. The van der Waals surface area contributed by atoms with E-state index in [1.165, 1.54) is 6.20 Å². The first-order chi connectivity index (χ1) is 8.20. The second-order valence-electron chi connectivity index (χ2n) is 3.90. The monoisotopic (exact) mass is 255 g/mol. The third kappa shape index (κ3) is 2.94. The van der Waals surface area contributed by atoms with Gasteiger partial charge in [-0.15, -0.1) is 0 Å². The van der Waals surface area contributed by atoms with Crippen molar-refractivity contribution in [1.29, 1.82) is 0 Å². The van der Waals surface area contributed by atoms with Crippen LogP contribution in [0.15, 0.2) is 18.5 Å². The summed E-state index contributed by atoms with van der Waals surface area (Å²) in [6.45, 7) is 0.690. The van der Waals surface area contributed by atoms with Crippen LogP contribution in [0.1, 0.15) is 6.42 Å². The van der Waals surface area contributed by atoms with Crippen molar-refractivity contribution in [2.45, 2.75) is 18.6 Å². The van der Waals surface area contributed by atoms with Gasteiger partial charge in [-0.05, 0) is 12.5 Å². The van der Waals surface area contributed by atoms with E-state index < -0.39 is 0 Å². The molecule has 1 saturated heterocycles. The molecule has 0 aromatic carbocycles. The predicted octanol–water partition coefficient (Wildman–Crippen LogP) is 1.05. The van der Waals surface area contributed by atoms with Gasteiger partial charge in [0.05, 0.1) is 29.1 Å². The van der Waals surface area contributed by atoms with Gasteiger partial charge < -0.3 is 15.4 Å². The molecule has 1 aliphatic rings. The van der Waals surface area contributed by atoms with Gasteiger partial charge in [0.1, 0.15) is 0 Å². The smallest absolute Gasteiger partial charge is 0.241 e. The van der Waals surface area contributed by atoms with Crippen LogP contribution < -0.4 is 10.6 Å². The lowest BCUT2D eigenvalue weighted by atomic mass is 10.2. The maximum Gasteiger partial charge on any atom is 0.241 e. The number of carbonyl (C=O) groups excluding carboxylic acids is 1. The molecule has 0 spiro atoms. The van der Waals surface area contributed by atoms with Crippen molar-refractivity contribution in [1.82, 2.24) is 10.3 Å². The van der Waals surface area contributed by atoms with Crippen molar-refractivity contribution >= 4 is 23.2 Å². The molecular weight excluding hydrogens is 242 g/mol. The number of carbonyl (C=O) groups is 1. The number of hydrogen-bond acceptors (Lipinski definition) is 4. The largest absolute Gasteiger partial charge is 0.380 e. The molecule has 6 heteroatoms. The predicted molar refractivity (Wildman–Crippen MR) is 65.1 cm³/mol. The number of rotatable bonds is 3. The second kappa shape index (κ2) is 5.44. The van der Waals surface area contributed by atoms with Crippen LogP contribution in [0.2, 0.25) is 5.02 Å². The van der Waals surface area contributed by atoms with Crippen molar-refractivity contribution < 1.29 is 9.53 Å². The molecule has 2 N–H and O–H groups in total. The molecule has 0 radical (unpaired) electrons. The van der Waals surface area contributed by atoms with Gasteiger partial charge >= 0.3 is 0 Å². The first kappa shape index (κ1) is 12.3. The minimum Gasteiger partial charge on any atom is -0.380 e. The van der Waals surface area contributed by atoms with Gasteiger partial charge in [0.15, 0.2) is 0 Å². The molecule has 1 aromatic rings. The minimum absolute atomic E-state index is 0.0927. The summed E-state index contributed by atoms with van der Waals surface area (Å²) in [7, 11) is 1.64. The Labute approximate surface area is 105 Å². The number of aromatic nitrogens is 1. The van der Waals surface area contributed by atoms with Crippen LogP contribution in [-0.4, -0.2) is 36.7 Å². The minimum atomic E-state index is -0.240. The number of anilines is 1. The lowest BCUT2D eigenvalue weighted by molar-refractivity contribution is -0.118. The third-order valence-corrected chi connectivity index (χ3v) is 3.10. The Morgan fingerprint density at radius 2 is 2.53 bits per heavy atom. The van der Waals surface area contributed by atoms with E-state index in [0.717, 1.165) is 0 Å². The number of nitrogens with one attached hydrogen (secondary N) is 2. The third-order valence-electron chi connectivity index (χ3n) is 2.77. The summed E-state index contributed by atoms with van der Waals surface area (Å²) in [5.74, 6) is -0.112. The fourth-order valence-electron chi connectivity index (χ4n) is 1.77. The van der Waals surface area contributed by atoms with Gasteiger partial charge in [-0.2, -0.15) is 0 Å². The average Bonchev–Trinajstić information content (AvgIpc) is 2.81. The Balaban J connectivity index is 1.96. The Morgan fingerprint density at radius 1 is 1.71 bits per heavy atom. The summed E-state index contributed by atoms with van der Waals surface area (Å²) < 4.78 is 5.18. The van der Waals surface area contributed by atoms with Crippen LogP contribution in [0.25, 0.3) is 0 Å². The molecule has 2 rings (SSSR count). The topological polar surface area (TPSA) is 63.2 Å². The van der Waals surface area contributed by atoms with E-state index in [9.17, 15) is 4.79 Å². The molecule has 0 bridgehead atoms. The van der Waals surface area contributed by atoms with Gasteiger partial charge in [-0.25, -0.2) is 0 Å². The molecule has 1 amide bonds. The summed E-state index contributed by atoms with van der Waals surface area (Å²) in [6, 6.07) is 1.40. The van der Waals surface area contributed by atoms with E-state index in [-0.39, 0.29) is 18.1 Å². The van der Waals surface area contributed by atoms with E-state index in [0.29, 0.717) is 23.7 Å². The summed E-state index contributed by atoms with van der Waals surface area (Å²) in [5.41, 5.74) is 0.529.